The van der Waals surface area contributed by atoms with Crippen molar-refractivity contribution in [2.24, 2.45) is 0 Å². The Hall–Kier alpha value is -4.55. The second-order valence-corrected chi connectivity index (χ2v) is 10.6. The van der Waals surface area contributed by atoms with Gasteiger partial charge in [-0.05, 0) is 52.7 Å². The molecule has 0 atom stereocenters. The lowest BCUT2D eigenvalue weighted by molar-refractivity contribution is 1.16. The molecule has 0 aliphatic heterocycles. The molecule has 0 bridgehead atoms. The number of aromatic amines is 3. The molecule has 0 saturated carbocycles. The van der Waals surface area contributed by atoms with Gasteiger partial charge in [0.2, 0.25) is 0 Å². The summed E-state index contributed by atoms with van der Waals surface area (Å²) in [6.45, 7) is 0.733. The maximum atomic E-state index is 5.11. The van der Waals surface area contributed by atoms with E-state index in [9.17, 15) is 0 Å². The van der Waals surface area contributed by atoms with Gasteiger partial charge in [0.05, 0.1) is 11.0 Å². The predicted molar refractivity (Wildman–Crippen MR) is 162 cm³/mol. The second kappa shape index (κ2) is 8.23. The van der Waals surface area contributed by atoms with E-state index in [0.717, 1.165) is 60.9 Å². The SMILES string of the molecule is Brc1ccc2[nH]cc(CNc3ccc4c(c3)c3ccccc3c3nc(-c5c[nH]c6ccccc56)[nH]c43)c2c1. The van der Waals surface area contributed by atoms with E-state index in [2.05, 4.69) is 121 Å². The highest BCUT2D eigenvalue weighted by Crippen LogP contribution is 2.37. The van der Waals surface area contributed by atoms with Crippen LogP contribution in [0.5, 0.6) is 0 Å². The minimum absolute atomic E-state index is 0.733. The quantitative estimate of drug-likeness (QED) is 0.164. The highest BCUT2D eigenvalue weighted by atomic mass is 79.9. The molecule has 0 radical (unpaired) electrons. The zero-order valence-electron chi connectivity index (χ0n) is 20.3. The summed E-state index contributed by atoms with van der Waals surface area (Å²) >= 11 is 3.60. The van der Waals surface area contributed by atoms with Crippen LogP contribution in [0.1, 0.15) is 5.56 Å². The van der Waals surface area contributed by atoms with Gasteiger partial charge in [0.1, 0.15) is 5.82 Å². The lowest BCUT2D eigenvalue weighted by atomic mass is 9.99. The van der Waals surface area contributed by atoms with Gasteiger partial charge in [-0.15, -0.1) is 0 Å². The van der Waals surface area contributed by atoms with Gasteiger partial charge in [-0.25, -0.2) is 4.98 Å². The standard InChI is InChI=1S/C32H22BrN5/c33-19-9-12-29-25(13-19)18(16-35-29)15-34-20-10-11-24-26(14-20)21-5-1-2-7-23(21)30-31(24)38-32(37-30)27-17-36-28-8-4-3-6-22(27)28/h1-14,16-17,34-36H,15H2,(H,37,38). The van der Waals surface area contributed by atoms with Gasteiger partial charge >= 0.3 is 0 Å². The predicted octanol–water partition coefficient (Wildman–Crippen LogP) is 8.87. The summed E-state index contributed by atoms with van der Waals surface area (Å²) in [7, 11) is 0. The number of fused-ring (bicyclic) bond motifs is 8. The van der Waals surface area contributed by atoms with E-state index in [4.69, 9.17) is 4.98 Å². The van der Waals surface area contributed by atoms with Crippen LogP contribution in [0.2, 0.25) is 0 Å². The Bertz CT molecular complexity index is 2160. The monoisotopic (exact) mass is 555 g/mol. The molecule has 3 aromatic heterocycles. The van der Waals surface area contributed by atoms with E-state index < -0.39 is 0 Å². The molecule has 0 aliphatic rings. The molecule has 3 heterocycles. The molecular weight excluding hydrogens is 534 g/mol. The Morgan fingerprint density at radius 1 is 0.684 bits per heavy atom. The third-order valence-electron chi connectivity index (χ3n) is 7.52. The van der Waals surface area contributed by atoms with Crippen molar-refractivity contribution in [2.75, 3.05) is 5.32 Å². The number of halogens is 1. The number of nitrogens with one attached hydrogen (secondary N) is 4. The Morgan fingerprint density at radius 2 is 1.47 bits per heavy atom. The zero-order valence-corrected chi connectivity index (χ0v) is 21.9. The number of hydrogen-bond donors (Lipinski definition) is 4. The van der Waals surface area contributed by atoms with Crippen LogP contribution in [0.3, 0.4) is 0 Å². The lowest BCUT2D eigenvalue weighted by Crippen LogP contribution is -1.98. The highest BCUT2D eigenvalue weighted by molar-refractivity contribution is 9.10. The number of aromatic nitrogens is 4. The van der Waals surface area contributed by atoms with E-state index in [1.807, 2.05) is 12.3 Å². The Morgan fingerprint density at radius 3 is 2.39 bits per heavy atom. The van der Waals surface area contributed by atoms with E-state index >= 15 is 0 Å². The number of anilines is 1. The van der Waals surface area contributed by atoms with E-state index in [-0.39, 0.29) is 0 Å². The first-order chi connectivity index (χ1) is 18.7. The van der Waals surface area contributed by atoms with Gasteiger partial charge in [0, 0.05) is 67.2 Å². The van der Waals surface area contributed by atoms with Crippen LogP contribution in [0, 0.1) is 0 Å². The Balaban J connectivity index is 1.26. The summed E-state index contributed by atoms with van der Waals surface area (Å²) in [4.78, 5) is 15.5. The summed E-state index contributed by atoms with van der Waals surface area (Å²) in [5, 5.41) is 10.8. The van der Waals surface area contributed by atoms with E-state index in [0.29, 0.717) is 0 Å². The van der Waals surface area contributed by atoms with Gasteiger partial charge < -0.3 is 20.3 Å². The van der Waals surface area contributed by atoms with Crippen molar-refractivity contribution in [3.05, 3.63) is 107 Å². The minimum Gasteiger partial charge on any atom is -0.381 e. The fourth-order valence-corrected chi connectivity index (χ4v) is 6.03. The molecule has 0 spiro atoms. The first-order valence-electron chi connectivity index (χ1n) is 12.6. The number of imidazole rings is 1. The Labute approximate surface area is 226 Å². The first kappa shape index (κ1) is 21.5. The molecule has 0 saturated heterocycles. The molecule has 8 rings (SSSR count). The molecule has 4 N–H and O–H groups in total. The third-order valence-corrected chi connectivity index (χ3v) is 8.02. The fraction of sp³-hybridized carbons (Fsp3) is 0.0312. The normalized spacial score (nSPS) is 11.9. The second-order valence-electron chi connectivity index (χ2n) is 9.72. The number of rotatable bonds is 4. The molecule has 5 nitrogen and oxygen atoms in total. The molecular formula is C32H22BrN5. The van der Waals surface area contributed by atoms with Gasteiger partial charge in [-0.2, -0.15) is 0 Å². The minimum atomic E-state index is 0.733. The van der Waals surface area contributed by atoms with Crippen LogP contribution >= 0.6 is 15.9 Å². The highest BCUT2D eigenvalue weighted by Gasteiger charge is 2.16. The van der Waals surface area contributed by atoms with Gasteiger partial charge in [0.15, 0.2) is 0 Å². The largest absolute Gasteiger partial charge is 0.381 e. The first-order valence-corrected chi connectivity index (χ1v) is 13.4. The smallest absolute Gasteiger partial charge is 0.140 e. The van der Waals surface area contributed by atoms with E-state index in [1.165, 1.54) is 27.1 Å². The fourth-order valence-electron chi connectivity index (χ4n) is 5.67. The van der Waals surface area contributed by atoms with Crippen LogP contribution in [0.25, 0.3) is 65.8 Å². The number of hydrogen-bond acceptors (Lipinski definition) is 2. The van der Waals surface area contributed by atoms with Crippen LogP contribution in [-0.4, -0.2) is 19.9 Å². The summed E-state index contributed by atoms with van der Waals surface area (Å²) in [5.41, 5.74) is 7.71. The maximum absolute atomic E-state index is 5.11. The van der Waals surface area contributed by atoms with Crippen LogP contribution in [-0.2, 0) is 6.54 Å². The van der Waals surface area contributed by atoms with Crippen molar-refractivity contribution >= 4 is 76.0 Å². The summed E-state index contributed by atoms with van der Waals surface area (Å²) < 4.78 is 1.08. The Kier molecular flexibility index (Phi) is 4.66. The van der Waals surface area contributed by atoms with Crippen LogP contribution in [0.4, 0.5) is 5.69 Å². The number of para-hydroxylation sites is 1. The van der Waals surface area contributed by atoms with Gasteiger partial charge in [0.25, 0.3) is 0 Å². The topological polar surface area (TPSA) is 72.3 Å². The summed E-state index contributed by atoms with van der Waals surface area (Å²) in [6, 6.07) is 29.8. The van der Waals surface area contributed by atoms with E-state index in [1.54, 1.807) is 0 Å². The lowest BCUT2D eigenvalue weighted by Gasteiger charge is -2.10. The molecule has 0 fully saturated rings. The van der Waals surface area contributed by atoms with Crippen molar-refractivity contribution in [1.29, 1.82) is 0 Å². The molecule has 0 aliphatic carbocycles. The molecule has 38 heavy (non-hydrogen) atoms. The van der Waals surface area contributed by atoms with Crippen molar-refractivity contribution < 1.29 is 0 Å². The molecule has 8 aromatic rings. The summed E-state index contributed by atoms with van der Waals surface area (Å²) in [6.07, 6.45) is 4.12. The molecule has 0 amide bonds. The summed E-state index contributed by atoms with van der Waals surface area (Å²) in [5.74, 6) is 0.878. The molecule has 0 unspecified atom stereocenters. The average molecular weight is 556 g/mol. The van der Waals surface area contributed by atoms with Crippen molar-refractivity contribution in [2.45, 2.75) is 6.54 Å². The average Bonchev–Trinajstić information content (AvgIpc) is 3.68. The maximum Gasteiger partial charge on any atom is 0.140 e. The van der Waals surface area contributed by atoms with Crippen molar-refractivity contribution in [3.8, 4) is 11.4 Å². The van der Waals surface area contributed by atoms with Crippen molar-refractivity contribution in [1.82, 2.24) is 19.9 Å². The van der Waals surface area contributed by atoms with Gasteiger partial charge in [-0.1, -0.05) is 64.5 Å². The molecule has 5 aromatic carbocycles. The zero-order chi connectivity index (χ0) is 25.2. The van der Waals surface area contributed by atoms with Gasteiger partial charge in [-0.3, -0.25) is 0 Å². The van der Waals surface area contributed by atoms with Crippen molar-refractivity contribution in [3.63, 3.8) is 0 Å². The number of H-pyrrole nitrogens is 3. The number of nitrogens with zero attached hydrogens (tertiary/aromatic N) is 1. The van der Waals surface area contributed by atoms with Crippen LogP contribution < -0.4 is 5.32 Å². The third kappa shape index (κ3) is 3.27. The number of benzene rings is 5. The van der Waals surface area contributed by atoms with Crippen LogP contribution in [0.15, 0.2) is 102 Å². The molecule has 182 valence electrons. The molecule has 6 heteroatoms.